The predicted molar refractivity (Wildman–Crippen MR) is 107 cm³/mol. The van der Waals surface area contributed by atoms with Gasteiger partial charge in [-0.15, -0.1) is 0 Å². The Labute approximate surface area is 161 Å². The second-order valence-corrected chi connectivity index (χ2v) is 7.77. The van der Waals surface area contributed by atoms with Crippen LogP contribution in [0.25, 0.3) is 0 Å². The van der Waals surface area contributed by atoms with Gasteiger partial charge in [-0.2, -0.15) is 0 Å². The van der Waals surface area contributed by atoms with E-state index in [9.17, 15) is 4.79 Å². The molecule has 2 fully saturated rings. The van der Waals surface area contributed by atoms with E-state index < -0.39 is 0 Å². The number of benzene rings is 2. The van der Waals surface area contributed by atoms with Crippen LogP contribution in [0.4, 0.5) is 0 Å². The first kappa shape index (κ1) is 18.2. The van der Waals surface area contributed by atoms with E-state index in [-0.39, 0.29) is 17.3 Å². The first-order chi connectivity index (χ1) is 13.2. The molecule has 2 aromatic rings. The Hall–Kier alpha value is -2.17. The van der Waals surface area contributed by atoms with Crippen LogP contribution in [0, 0.1) is 5.92 Å². The van der Waals surface area contributed by atoms with Crippen molar-refractivity contribution in [2.24, 2.45) is 5.92 Å². The molecule has 1 heterocycles. The van der Waals surface area contributed by atoms with Crippen LogP contribution in [0.5, 0.6) is 0 Å². The van der Waals surface area contributed by atoms with Crippen molar-refractivity contribution in [2.75, 3.05) is 46.4 Å². The summed E-state index contributed by atoms with van der Waals surface area (Å²) in [7, 11) is 2.15. The average molecular weight is 364 g/mol. The number of likely N-dealkylation sites (N-methyl/N-ethyl adjacent to an activating group) is 1. The number of rotatable bonds is 6. The van der Waals surface area contributed by atoms with Crippen LogP contribution in [0.15, 0.2) is 60.7 Å². The maximum Gasteiger partial charge on any atom is 0.310 e. The topological polar surface area (TPSA) is 32.8 Å². The van der Waals surface area contributed by atoms with Crippen molar-refractivity contribution < 1.29 is 9.53 Å². The fourth-order valence-electron chi connectivity index (χ4n) is 4.27. The van der Waals surface area contributed by atoms with E-state index in [2.05, 4.69) is 41.1 Å². The molecule has 4 heteroatoms. The number of carbonyl (C=O) groups is 1. The molecule has 142 valence electrons. The van der Waals surface area contributed by atoms with Crippen LogP contribution < -0.4 is 0 Å². The zero-order valence-corrected chi connectivity index (χ0v) is 16.0. The highest BCUT2D eigenvalue weighted by atomic mass is 16.5. The number of carbonyl (C=O) groups excluding carboxylic acids is 1. The molecule has 4 rings (SSSR count). The molecule has 0 aromatic heterocycles. The minimum Gasteiger partial charge on any atom is -0.464 e. The number of esters is 1. The van der Waals surface area contributed by atoms with E-state index in [1.807, 2.05) is 36.4 Å². The van der Waals surface area contributed by atoms with E-state index in [1.54, 1.807) is 0 Å². The number of hydrogen-bond donors (Lipinski definition) is 0. The standard InChI is InChI=1S/C23H28N2O2/c1-24-12-14-25(15-13-24)16-17-27-22(26)21-18-23(21,19-8-4-2-5-9-19)20-10-6-3-7-11-20/h2-11,21H,12-18H2,1H3. The summed E-state index contributed by atoms with van der Waals surface area (Å²) in [5, 5.41) is 0. The van der Waals surface area contributed by atoms with Crippen molar-refractivity contribution in [3.8, 4) is 0 Å². The van der Waals surface area contributed by atoms with Gasteiger partial charge in [-0.05, 0) is 24.6 Å². The molecule has 0 bridgehead atoms. The van der Waals surface area contributed by atoms with E-state index in [0.717, 1.165) is 39.1 Å². The average Bonchev–Trinajstić information content (AvgIpc) is 3.48. The molecule has 0 amide bonds. The van der Waals surface area contributed by atoms with Crippen molar-refractivity contribution in [1.82, 2.24) is 9.80 Å². The van der Waals surface area contributed by atoms with Crippen molar-refractivity contribution in [3.05, 3.63) is 71.8 Å². The van der Waals surface area contributed by atoms with Gasteiger partial charge in [-0.1, -0.05) is 60.7 Å². The fourth-order valence-corrected chi connectivity index (χ4v) is 4.27. The lowest BCUT2D eigenvalue weighted by atomic mass is 9.86. The van der Waals surface area contributed by atoms with Gasteiger partial charge in [0, 0.05) is 38.1 Å². The zero-order valence-electron chi connectivity index (χ0n) is 16.0. The molecule has 2 aliphatic rings. The van der Waals surface area contributed by atoms with Crippen LogP contribution in [0.2, 0.25) is 0 Å². The fraction of sp³-hybridized carbons (Fsp3) is 0.435. The normalized spacial score (nSPS) is 22.3. The lowest BCUT2D eigenvalue weighted by Crippen LogP contribution is -2.45. The van der Waals surface area contributed by atoms with Gasteiger partial charge < -0.3 is 9.64 Å². The zero-order chi connectivity index (χ0) is 18.7. The highest BCUT2D eigenvalue weighted by Gasteiger charge is 2.61. The molecule has 27 heavy (non-hydrogen) atoms. The Kier molecular flexibility index (Phi) is 5.28. The second-order valence-electron chi connectivity index (χ2n) is 7.77. The summed E-state index contributed by atoms with van der Waals surface area (Å²) in [5.74, 6) is -0.147. The number of piperazine rings is 1. The monoisotopic (exact) mass is 364 g/mol. The summed E-state index contributed by atoms with van der Waals surface area (Å²) in [6.07, 6.45) is 0.828. The molecule has 0 spiro atoms. The second kappa shape index (κ2) is 7.83. The van der Waals surface area contributed by atoms with E-state index >= 15 is 0 Å². The van der Waals surface area contributed by atoms with Gasteiger partial charge in [0.25, 0.3) is 0 Å². The molecular formula is C23H28N2O2. The van der Waals surface area contributed by atoms with E-state index in [4.69, 9.17) is 4.74 Å². The van der Waals surface area contributed by atoms with E-state index in [1.165, 1.54) is 11.1 Å². The molecule has 1 saturated carbocycles. The molecule has 1 saturated heterocycles. The Morgan fingerprint density at radius 1 is 0.963 bits per heavy atom. The summed E-state index contributed by atoms with van der Waals surface area (Å²) < 4.78 is 5.70. The molecule has 1 aliphatic carbocycles. The maximum absolute atomic E-state index is 12.8. The Morgan fingerprint density at radius 3 is 2.07 bits per heavy atom. The van der Waals surface area contributed by atoms with Crippen molar-refractivity contribution in [3.63, 3.8) is 0 Å². The highest BCUT2D eigenvalue weighted by molar-refractivity contribution is 5.81. The first-order valence-electron chi connectivity index (χ1n) is 9.89. The van der Waals surface area contributed by atoms with Gasteiger partial charge in [0.1, 0.15) is 6.61 Å². The van der Waals surface area contributed by atoms with Crippen molar-refractivity contribution in [1.29, 1.82) is 0 Å². The maximum atomic E-state index is 12.8. The van der Waals surface area contributed by atoms with Gasteiger partial charge in [0.2, 0.25) is 0 Å². The molecular weight excluding hydrogens is 336 g/mol. The third kappa shape index (κ3) is 3.78. The minimum absolute atomic E-state index is 0.0585. The molecule has 1 aliphatic heterocycles. The molecule has 1 atom stereocenters. The Balaban J connectivity index is 1.40. The Bertz CT molecular complexity index is 715. The number of nitrogens with zero attached hydrogens (tertiary/aromatic N) is 2. The van der Waals surface area contributed by atoms with Crippen LogP contribution >= 0.6 is 0 Å². The molecule has 1 unspecified atom stereocenters. The quantitative estimate of drug-likeness (QED) is 0.738. The lowest BCUT2D eigenvalue weighted by Gasteiger charge is -2.32. The smallest absolute Gasteiger partial charge is 0.310 e. The minimum atomic E-state index is -0.229. The molecule has 4 nitrogen and oxygen atoms in total. The van der Waals surface area contributed by atoms with Gasteiger partial charge in [-0.25, -0.2) is 0 Å². The largest absolute Gasteiger partial charge is 0.464 e. The number of ether oxygens (including phenoxy) is 1. The summed E-state index contributed by atoms with van der Waals surface area (Å²) in [6, 6.07) is 20.8. The predicted octanol–water partition coefficient (Wildman–Crippen LogP) is 2.78. The van der Waals surface area contributed by atoms with Crippen LogP contribution in [0.3, 0.4) is 0 Å². The molecule has 0 radical (unpaired) electrons. The third-order valence-corrected chi connectivity index (χ3v) is 6.07. The first-order valence-corrected chi connectivity index (χ1v) is 9.89. The summed E-state index contributed by atoms with van der Waals surface area (Å²) >= 11 is 0. The van der Waals surface area contributed by atoms with E-state index in [0.29, 0.717) is 6.61 Å². The third-order valence-electron chi connectivity index (χ3n) is 6.07. The van der Waals surface area contributed by atoms with Crippen molar-refractivity contribution in [2.45, 2.75) is 11.8 Å². The van der Waals surface area contributed by atoms with Gasteiger partial charge in [0.15, 0.2) is 0 Å². The summed E-state index contributed by atoms with van der Waals surface area (Å²) in [6.45, 7) is 5.59. The summed E-state index contributed by atoms with van der Waals surface area (Å²) in [5.41, 5.74) is 2.18. The van der Waals surface area contributed by atoms with Crippen LogP contribution in [-0.4, -0.2) is 62.1 Å². The number of hydrogen-bond acceptors (Lipinski definition) is 4. The van der Waals surface area contributed by atoms with Gasteiger partial charge in [-0.3, -0.25) is 9.69 Å². The SMILES string of the molecule is CN1CCN(CCOC(=O)C2CC2(c2ccccc2)c2ccccc2)CC1. The van der Waals surface area contributed by atoms with Crippen LogP contribution in [-0.2, 0) is 14.9 Å². The molecule has 2 aromatic carbocycles. The summed E-state index contributed by atoms with van der Waals surface area (Å²) in [4.78, 5) is 17.5. The Morgan fingerprint density at radius 2 is 1.52 bits per heavy atom. The van der Waals surface area contributed by atoms with Crippen molar-refractivity contribution >= 4 is 5.97 Å². The van der Waals surface area contributed by atoms with Crippen LogP contribution in [0.1, 0.15) is 17.5 Å². The lowest BCUT2D eigenvalue weighted by molar-refractivity contribution is -0.146. The van der Waals surface area contributed by atoms with Gasteiger partial charge in [0.05, 0.1) is 5.92 Å². The van der Waals surface area contributed by atoms with Gasteiger partial charge >= 0.3 is 5.97 Å². The highest BCUT2D eigenvalue weighted by Crippen LogP contribution is 2.59. The molecule has 0 N–H and O–H groups in total.